The molecule has 0 radical (unpaired) electrons. The van der Waals surface area contributed by atoms with Crippen LogP contribution in [0.2, 0.25) is 0 Å². The van der Waals surface area contributed by atoms with Gasteiger partial charge in [0.15, 0.2) is 0 Å². The van der Waals surface area contributed by atoms with Gasteiger partial charge < -0.3 is 10.6 Å². The Balaban J connectivity index is 1.87. The van der Waals surface area contributed by atoms with Crippen LogP contribution in [0.1, 0.15) is 31.9 Å². The first-order chi connectivity index (χ1) is 11.6. The molecule has 0 unspecified atom stereocenters. The smallest absolute Gasteiger partial charge is 0.311 e. The van der Waals surface area contributed by atoms with Gasteiger partial charge >= 0.3 is 6.18 Å². The van der Waals surface area contributed by atoms with Crippen molar-refractivity contribution in [3.8, 4) is 11.1 Å². The third-order valence-electron chi connectivity index (χ3n) is 3.79. The standard InChI is InChI=1S/C20H25F3N2/c1-19(2,3)25-13-12-24-14-15-4-6-16(7-5-15)17-8-10-18(11-9-17)20(21,22)23/h4-11,24-25H,12-14H2,1-3H3. The summed E-state index contributed by atoms with van der Waals surface area (Å²) in [6.45, 7) is 8.93. The van der Waals surface area contributed by atoms with Crippen molar-refractivity contribution in [1.82, 2.24) is 10.6 Å². The van der Waals surface area contributed by atoms with Crippen molar-refractivity contribution in [2.75, 3.05) is 13.1 Å². The number of halogens is 3. The third-order valence-corrected chi connectivity index (χ3v) is 3.79. The van der Waals surface area contributed by atoms with Crippen LogP contribution in [0.5, 0.6) is 0 Å². The summed E-state index contributed by atoms with van der Waals surface area (Å²) >= 11 is 0. The number of alkyl halides is 3. The van der Waals surface area contributed by atoms with E-state index in [2.05, 4.69) is 31.4 Å². The summed E-state index contributed by atoms with van der Waals surface area (Å²) in [5, 5.41) is 6.78. The molecule has 0 atom stereocenters. The van der Waals surface area contributed by atoms with Crippen LogP contribution in [-0.4, -0.2) is 18.6 Å². The molecule has 0 aliphatic heterocycles. The average Bonchev–Trinajstić information content (AvgIpc) is 2.53. The van der Waals surface area contributed by atoms with Gasteiger partial charge in [0, 0.05) is 25.2 Å². The van der Waals surface area contributed by atoms with E-state index in [-0.39, 0.29) is 5.54 Å². The van der Waals surface area contributed by atoms with E-state index in [0.717, 1.165) is 48.5 Å². The number of hydrogen-bond donors (Lipinski definition) is 2. The van der Waals surface area contributed by atoms with Gasteiger partial charge in [-0.3, -0.25) is 0 Å². The van der Waals surface area contributed by atoms with Gasteiger partial charge in [-0.1, -0.05) is 36.4 Å². The molecule has 0 aliphatic carbocycles. The Labute approximate surface area is 147 Å². The molecule has 0 amide bonds. The zero-order valence-corrected chi connectivity index (χ0v) is 14.9. The van der Waals surface area contributed by atoms with Crippen molar-refractivity contribution >= 4 is 0 Å². The summed E-state index contributed by atoms with van der Waals surface area (Å²) < 4.78 is 37.8. The summed E-state index contributed by atoms with van der Waals surface area (Å²) in [5.41, 5.74) is 2.33. The van der Waals surface area contributed by atoms with Crippen LogP contribution < -0.4 is 10.6 Å². The number of nitrogens with one attached hydrogen (secondary N) is 2. The van der Waals surface area contributed by atoms with Crippen LogP contribution in [-0.2, 0) is 12.7 Å². The fraction of sp³-hybridized carbons (Fsp3) is 0.400. The largest absolute Gasteiger partial charge is 0.416 e. The highest BCUT2D eigenvalue weighted by molar-refractivity contribution is 5.64. The minimum atomic E-state index is -4.30. The van der Waals surface area contributed by atoms with Gasteiger partial charge in [-0.05, 0) is 49.6 Å². The Bertz CT molecular complexity index is 653. The SMILES string of the molecule is CC(C)(C)NCCNCc1ccc(-c2ccc(C(F)(F)F)cc2)cc1. The molecular weight excluding hydrogens is 325 g/mol. The van der Waals surface area contributed by atoms with Crippen molar-refractivity contribution < 1.29 is 13.2 Å². The molecule has 0 heterocycles. The molecule has 0 bridgehead atoms. The Morgan fingerprint density at radius 1 is 0.760 bits per heavy atom. The predicted molar refractivity (Wildman–Crippen MR) is 96.3 cm³/mol. The minimum absolute atomic E-state index is 0.116. The van der Waals surface area contributed by atoms with E-state index < -0.39 is 11.7 Å². The van der Waals surface area contributed by atoms with Crippen LogP contribution in [0, 0.1) is 0 Å². The summed E-state index contributed by atoms with van der Waals surface area (Å²) in [6.07, 6.45) is -4.30. The Kier molecular flexibility index (Phi) is 6.25. The molecule has 2 N–H and O–H groups in total. The molecule has 0 fully saturated rings. The maximum atomic E-state index is 12.6. The first-order valence-corrected chi connectivity index (χ1v) is 8.37. The Morgan fingerprint density at radius 2 is 1.28 bits per heavy atom. The van der Waals surface area contributed by atoms with Gasteiger partial charge in [0.05, 0.1) is 5.56 Å². The molecule has 2 nitrogen and oxygen atoms in total. The second-order valence-corrected chi connectivity index (χ2v) is 7.13. The second-order valence-electron chi connectivity index (χ2n) is 7.13. The predicted octanol–water partition coefficient (Wildman–Crippen LogP) is 4.85. The summed E-state index contributed by atoms with van der Waals surface area (Å²) in [5.74, 6) is 0. The fourth-order valence-corrected chi connectivity index (χ4v) is 2.43. The summed E-state index contributed by atoms with van der Waals surface area (Å²) in [6, 6.07) is 13.1. The van der Waals surface area contributed by atoms with Crippen molar-refractivity contribution in [2.24, 2.45) is 0 Å². The molecule has 0 saturated carbocycles. The molecule has 5 heteroatoms. The second kappa shape index (κ2) is 8.02. The highest BCUT2D eigenvalue weighted by Crippen LogP contribution is 2.31. The molecule has 2 aromatic rings. The van der Waals surface area contributed by atoms with Crippen molar-refractivity contribution in [2.45, 2.75) is 39.0 Å². The molecule has 0 aliphatic rings. The topological polar surface area (TPSA) is 24.1 Å². The van der Waals surface area contributed by atoms with Crippen LogP contribution in [0.15, 0.2) is 48.5 Å². The number of hydrogen-bond acceptors (Lipinski definition) is 2. The number of benzene rings is 2. The molecule has 2 aromatic carbocycles. The van der Waals surface area contributed by atoms with Gasteiger partial charge in [-0.2, -0.15) is 13.2 Å². The molecule has 136 valence electrons. The zero-order valence-electron chi connectivity index (χ0n) is 14.9. The van der Waals surface area contributed by atoms with Crippen LogP contribution in [0.3, 0.4) is 0 Å². The highest BCUT2D eigenvalue weighted by Gasteiger charge is 2.29. The Morgan fingerprint density at radius 3 is 1.76 bits per heavy atom. The quantitative estimate of drug-likeness (QED) is 0.728. The lowest BCUT2D eigenvalue weighted by Gasteiger charge is -2.20. The summed E-state index contributed by atoms with van der Waals surface area (Å²) in [7, 11) is 0. The van der Waals surface area contributed by atoms with Gasteiger partial charge in [0.25, 0.3) is 0 Å². The lowest BCUT2D eigenvalue weighted by Crippen LogP contribution is -2.40. The van der Waals surface area contributed by atoms with Crippen LogP contribution in [0.25, 0.3) is 11.1 Å². The van der Waals surface area contributed by atoms with Crippen molar-refractivity contribution in [3.63, 3.8) is 0 Å². The van der Waals surface area contributed by atoms with Crippen molar-refractivity contribution in [1.29, 1.82) is 0 Å². The number of rotatable bonds is 6. The van der Waals surface area contributed by atoms with E-state index in [4.69, 9.17) is 0 Å². The van der Waals surface area contributed by atoms with E-state index in [1.54, 1.807) is 0 Å². The first kappa shape index (κ1) is 19.5. The molecule has 25 heavy (non-hydrogen) atoms. The van der Waals surface area contributed by atoms with E-state index in [9.17, 15) is 13.2 Å². The van der Waals surface area contributed by atoms with Crippen LogP contribution in [0.4, 0.5) is 13.2 Å². The Hall–Kier alpha value is -1.85. The van der Waals surface area contributed by atoms with E-state index >= 15 is 0 Å². The van der Waals surface area contributed by atoms with E-state index in [1.807, 2.05) is 24.3 Å². The van der Waals surface area contributed by atoms with Crippen molar-refractivity contribution in [3.05, 3.63) is 59.7 Å². The monoisotopic (exact) mass is 350 g/mol. The van der Waals surface area contributed by atoms with Gasteiger partial charge in [-0.25, -0.2) is 0 Å². The van der Waals surface area contributed by atoms with Gasteiger partial charge in [0.1, 0.15) is 0 Å². The zero-order chi connectivity index (χ0) is 18.5. The third kappa shape index (κ3) is 6.52. The first-order valence-electron chi connectivity index (χ1n) is 8.37. The van der Waals surface area contributed by atoms with E-state index in [1.165, 1.54) is 12.1 Å². The molecule has 2 rings (SSSR count). The molecular formula is C20H25F3N2. The van der Waals surface area contributed by atoms with Gasteiger partial charge in [0.2, 0.25) is 0 Å². The fourth-order valence-electron chi connectivity index (χ4n) is 2.43. The normalized spacial score (nSPS) is 12.4. The lowest BCUT2D eigenvalue weighted by atomic mass is 10.0. The van der Waals surface area contributed by atoms with Gasteiger partial charge in [-0.15, -0.1) is 0 Å². The maximum absolute atomic E-state index is 12.6. The average molecular weight is 350 g/mol. The molecule has 0 spiro atoms. The molecule has 0 saturated heterocycles. The molecule has 0 aromatic heterocycles. The highest BCUT2D eigenvalue weighted by atomic mass is 19.4. The maximum Gasteiger partial charge on any atom is 0.416 e. The minimum Gasteiger partial charge on any atom is -0.311 e. The lowest BCUT2D eigenvalue weighted by molar-refractivity contribution is -0.137. The van der Waals surface area contributed by atoms with Crippen LogP contribution >= 0.6 is 0 Å². The van der Waals surface area contributed by atoms with E-state index in [0.29, 0.717) is 0 Å². The summed E-state index contributed by atoms with van der Waals surface area (Å²) in [4.78, 5) is 0.